The summed E-state index contributed by atoms with van der Waals surface area (Å²) in [6.45, 7) is 9.03. The van der Waals surface area contributed by atoms with Crippen molar-refractivity contribution in [1.29, 1.82) is 0 Å². The van der Waals surface area contributed by atoms with Gasteiger partial charge in [0.05, 0.1) is 17.5 Å². The van der Waals surface area contributed by atoms with E-state index in [4.69, 9.17) is 4.74 Å². The fraction of sp³-hybridized carbons (Fsp3) is 0.550. The summed E-state index contributed by atoms with van der Waals surface area (Å²) in [4.78, 5) is 58.3. The fourth-order valence-corrected chi connectivity index (χ4v) is 7.33. The highest BCUT2D eigenvalue weighted by Crippen LogP contribution is 2.40. The maximum atomic E-state index is 14.7. The summed E-state index contributed by atoms with van der Waals surface area (Å²) in [6.07, 6.45) is -3.20. The number of rotatable bonds is 14. The second-order valence-corrected chi connectivity index (χ2v) is 15.0. The Balaban J connectivity index is 1.45. The molecule has 1 fully saturated rings. The fourth-order valence-electron chi connectivity index (χ4n) is 7.33. The molecule has 0 radical (unpaired) electrons. The van der Waals surface area contributed by atoms with Crippen LogP contribution in [0.25, 0.3) is 10.9 Å². The second kappa shape index (κ2) is 17.9. The lowest BCUT2D eigenvalue weighted by Crippen LogP contribution is -2.67. The molecule has 2 aromatic carbocycles. The van der Waals surface area contributed by atoms with Crippen LogP contribution in [0.2, 0.25) is 0 Å². The van der Waals surface area contributed by atoms with Crippen LogP contribution in [0.15, 0.2) is 42.5 Å². The Morgan fingerprint density at radius 3 is 2.33 bits per heavy atom. The molecule has 2 aliphatic rings. The number of hydrogen-bond donors (Lipinski definition) is 6. The first kappa shape index (κ1) is 41.5. The lowest BCUT2D eigenvalue weighted by molar-refractivity contribution is -0.137. The van der Waals surface area contributed by atoms with Gasteiger partial charge >= 0.3 is 12.2 Å². The molecular formula is C40H52F4N6O5. The minimum Gasteiger partial charge on any atom is -0.381 e. The average molecular weight is 773 g/mol. The first-order chi connectivity index (χ1) is 26.2. The number of aryl methyl sites for hydroxylation is 1. The minimum atomic E-state index is -4.64. The maximum absolute atomic E-state index is 14.7. The van der Waals surface area contributed by atoms with Crippen LogP contribution < -0.4 is 26.6 Å². The molecule has 15 heteroatoms. The zero-order valence-corrected chi connectivity index (χ0v) is 31.8. The number of para-hydroxylation sites is 1. The van der Waals surface area contributed by atoms with Crippen LogP contribution >= 0.6 is 0 Å². The lowest BCUT2D eigenvalue weighted by atomic mass is 9.78. The Bertz CT molecular complexity index is 1840. The van der Waals surface area contributed by atoms with Gasteiger partial charge in [0.15, 0.2) is 0 Å². The second-order valence-electron chi connectivity index (χ2n) is 15.0. The van der Waals surface area contributed by atoms with Gasteiger partial charge in [-0.1, -0.05) is 64.4 Å². The third-order valence-electron chi connectivity index (χ3n) is 11.2. The van der Waals surface area contributed by atoms with E-state index < -0.39 is 65.0 Å². The van der Waals surface area contributed by atoms with Gasteiger partial charge in [-0.15, -0.1) is 0 Å². The van der Waals surface area contributed by atoms with Gasteiger partial charge in [0, 0.05) is 37.3 Å². The van der Waals surface area contributed by atoms with E-state index in [0.717, 1.165) is 18.9 Å². The number of alkyl halides is 3. The predicted molar refractivity (Wildman–Crippen MR) is 199 cm³/mol. The van der Waals surface area contributed by atoms with Crippen LogP contribution in [0.3, 0.4) is 0 Å². The number of amides is 5. The zero-order valence-electron chi connectivity index (χ0n) is 31.8. The van der Waals surface area contributed by atoms with Gasteiger partial charge in [0.1, 0.15) is 23.6 Å². The third kappa shape index (κ3) is 9.96. The highest BCUT2D eigenvalue weighted by Gasteiger charge is 2.47. The molecule has 11 nitrogen and oxygen atoms in total. The Morgan fingerprint density at radius 2 is 1.65 bits per heavy atom. The summed E-state index contributed by atoms with van der Waals surface area (Å²) >= 11 is 0. The van der Waals surface area contributed by atoms with Gasteiger partial charge in [0.25, 0.3) is 0 Å². The average Bonchev–Trinajstić information content (AvgIpc) is 3.53. The quantitative estimate of drug-likeness (QED) is 0.0924. The number of carbonyl (C=O) groups excluding carboxylic acids is 4. The van der Waals surface area contributed by atoms with E-state index in [1.807, 2.05) is 20.8 Å². The molecule has 1 aliphatic carbocycles. The number of urea groups is 1. The van der Waals surface area contributed by atoms with Gasteiger partial charge in [-0.05, 0) is 73.1 Å². The predicted octanol–water partition coefficient (Wildman–Crippen LogP) is 5.66. The van der Waals surface area contributed by atoms with Crippen molar-refractivity contribution in [3.05, 3.63) is 70.7 Å². The van der Waals surface area contributed by atoms with Crippen molar-refractivity contribution in [2.24, 2.45) is 17.8 Å². The van der Waals surface area contributed by atoms with E-state index in [1.165, 1.54) is 24.3 Å². The number of aromatic nitrogens is 1. The van der Waals surface area contributed by atoms with E-state index in [0.29, 0.717) is 43.9 Å². The van der Waals surface area contributed by atoms with Crippen molar-refractivity contribution >= 4 is 34.7 Å². The summed E-state index contributed by atoms with van der Waals surface area (Å²) in [7, 11) is 0. The number of hydrogen-bond acceptors (Lipinski definition) is 5. The molecule has 1 saturated heterocycles. The highest BCUT2D eigenvalue weighted by molar-refractivity contribution is 5.97. The normalized spacial score (nSPS) is 19.7. The van der Waals surface area contributed by atoms with Gasteiger partial charge in [-0.25, -0.2) is 9.18 Å². The molecule has 2 heterocycles. The highest BCUT2D eigenvalue weighted by atomic mass is 19.4. The van der Waals surface area contributed by atoms with E-state index in [2.05, 4.69) is 31.6 Å². The molecule has 300 valence electrons. The molecule has 1 aromatic heterocycles. The van der Waals surface area contributed by atoms with Gasteiger partial charge in [0.2, 0.25) is 17.7 Å². The standard InChI is InChI=1S/C40H52F4N6O5/c1-5-23(3)33(47-32(51)20-26-10-7-8-13-30(26)41)36(52)50-39(17-14-31-28(21-39)27-11-9-12-29(34(27)46-31)40(42,43)44)37(53)48-35(24(4)6-2)49-38(54)45-22-25-15-18-55-19-16-25/h7-13,23-25,33,35,46H,5-6,14-22H2,1-4H3,(H,47,51)(H,48,53)(H,50,52)(H2,45,49,54)/t23?,24?,33-,35+,39+/m0/s1. The number of ether oxygens (including phenoxy) is 1. The van der Waals surface area contributed by atoms with Gasteiger partial charge < -0.3 is 36.3 Å². The molecule has 5 atom stereocenters. The Morgan fingerprint density at radius 1 is 0.945 bits per heavy atom. The number of H-pyrrole nitrogens is 1. The lowest BCUT2D eigenvalue weighted by Gasteiger charge is -2.40. The van der Waals surface area contributed by atoms with Crippen molar-refractivity contribution in [2.45, 2.75) is 103 Å². The molecule has 3 aromatic rings. The largest absolute Gasteiger partial charge is 0.418 e. The number of fused-ring (bicyclic) bond motifs is 3. The summed E-state index contributed by atoms with van der Waals surface area (Å²) in [5.74, 6) is -2.89. The van der Waals surface area contributed by atoms with Crippen LogP contribution in [-0.4, -0.2) is 66.2 Å². The van der Waals surface area contributed by atoms with Crippen LogP contribution in [0.4, 0.5) is 22.4 Å². The number of nitrogens with one attached hydrogen (secondary N) is 6. The molecule has 0 spiro atoms. The summed E-state index contributed by atoms with van der Waals surface area (Å²) in [5, 5.41) is 14.7. The maximum Gasteiger partial charge on any atom is 0.418 e. The van der Waals surface area contributed by atoms with E-state index in [1.54, 1.807) is 19.1 Å². The van der Waals surface area contributed by atoms with Crippen LogP contribution in [0.5, 0.6) is 0 Å². The molecule has 5 amide bonds. The van der Waals surface area contributed by atoms with Crippen molar-refractivity contribution < 1.29 is 41.5 Å². The van der Waals surface area contributed by atoms with Crippen molar-refractivity contribution in [3.63, 3.8) is 0 Å². The molecule has 5 rings (SSSR count). The van der Waals surface area contributed by atoms with Gasteiger partial charge in [-0.2, -0.15) is 13.2 Å². The molecule has 0 saturated carbocycles. The van der Waals surface area contributed by atoms with Crippen LogP contribution in [0.1, 0.15) is 82.2 Å². The summed E-state index contributed by atoms with van der Waals surface area (Å²) < 4.78 is 62.0. The molecule has 1 aliphatic heterocycles. The van der Waals surface area contributed by atoms with E-state index >= 15 is 0 Å². The first-order valence-corrected chi connectivity index (χ1v) is 19.1. The van der Waals surface area contributed by atoms with Crippen LogP contribution in [0, 0.1) is 23.6 Å². The zero-order chi connectivity index (χ0) is 39.9. The number of halogens is 4. The summed E-state index contributed by atoms with van der Waals surface area (Å²) in [6, 6.07) is 8.05. The van der Waals surface area contributed by atoms with E-state index in [9.17, 15) is 36.7 Å². The number of aromatic amines is 1. The topological polar surface area (TPSA) is 153 Å². The molecule has 6 N–H and O–H groups in total. The van der Waals surface area contributed by atoms with Gasteiger partial charge in [-0.3, -0.25) is 14.4 Å². The SMILES string of the molecule is CCC(C)[C@@H](NC(=O)NCC1CCOCC1)NC(=O)[C@@]1(NC(=O)[C@@H](NC(=O)Cc2ccccc2F)C(C)CC)CCc2[nH]c3c(C(F)(F)F)cccc3c2C1. The van der Waals surface area contributed by atoms with E-state index in [-0.39, 0.29) is 54.0 Å². The Hall–Kier alpha value is -4.66. The molecule has 55 heavy (non-hydrogen) atoms. The third-order valence-corrected chi connectivity index (χ3v) is 11.2. The van der Waals surface area contributed by atoms with Crippen molar-refractivity contribution in [3.8, 4) is 0 Å². The Labute approximate surface area is 318 Å². The first-order valence-electron chi connectivity index (χ1n) is 19.1. The monoisotopic (exact) mass is 772 g/mol. The number of carbonyl (C=O) groups is 4. The van der Waals surface area contributed by atoms with Crippen LogP contribution in [-0.2, 0) is 44.6 Å². The van der Waals surface area contributed by atoms with Crippen molar-refractivity contribution in [2.75, 3.05) is 19.8 Å². The molecular weight excluding hydrogens is 720 g/mol. The Kier molecular flexibility index (Phi) is 13.5. The smallest absolute Gasteiger partial charge is 0.381 e. The number of benzene rings is 2. The summed E-state index contributed by atoms with van der Waals surface area (Å²) in [5.41, 5.74) is -1.53. The minimum absolute atomic E-state index is 0.00528. The van der Waals surface area contributed by atoms with Crippen molar-refractivity contribution in [1.82, 2.24) is 31.6 Å². The molecule has 0 bridgehead atoms. The molecule has 2 unspecified atom stereocenters.